The van der Waals surface area contributed by atoms with E-state index in [1.54, 1.807) is 24.3 Å². The van der Waals surface area contributed by atoms with Gasteiger partial charge in [-0.3, -0.25) is 4.90 Å². The van der Waals surface area contributed by atoms with Gasteiger partial charge in [-0.15, -0.1) is 0 Å². The summed E-state index contributed by atoms with van der Waals surface area (Å²) in [6.07, 6.45) is -0.649. The highest BCUT2D eigenvalue weighted by Gasteiger charge is 2.62. The van der Waals surface area contributed by atoms with Crippen LogP contribution in [0.15, 0.2) is 115 Å². The average molecular weight is 715 g/mol. The number of aliphatic hydroxyl groups excluding tert-OH is 2. The van der Waals surface area contributed by atoms with Gasteiger partial charge in [0, 0.05) is 18.0 Å². The number of amides is 1. The Morgan fingerprint density at radius 1 is 0.902 bits per heavy atom. The smallest absolute Gasteiger partial charge is 0.414 e. The molecule has 1 amide bonds. The van der Waals surface area contributed by atoms with Crippen molar-refractivity contribution in [3.05, 3.63) is 138 Å². The molecule has 0 radical (unpaired) electrons. The zero-order valence-electron chi connectivity index (χ0n) is 28.3. The zero-order chi connectivity index (χ0) is 36.0. The van der Waals surface area contributed by atoms with Crippen LogP contribution in [0.2, 0.25) is 0 Å². The summed E-state index contributed by atoms with van der Waals surface area (Å²) in [7, 11) is -4.09. The van der Waals surface area contributed by atoms with Gasteiger partial charge in [-0.25, -0.2) is 13.2 Å². The summed E-state index contributed by atoms with van der Waals surface area (Å²) in [5.74, 6) is -0.734. The van der Waals surface area contributed by atoms with E-state index < -0.39 is 46.8 Å². The molecule has 0 aliphatic carbocycles. The van der Waals surface area contributed by atoms with Crippen LogP contribution in [-0.2, 0) is 44.1 Å². The minimum absolute atomic E-state index is 0.00909. The number of fused-ring (bicyclic) bond motifs is 2. The fourth-order valence-corrected chi connectivity index (χ4v) is 8.24. The second kappa shape index (κ2) is 16.2. The van der Waals surface area contributed by atoms with Crippen LogP contribution in [0.5, 0.6) is 5.75 Å². The van der Waals surface area contributed by atoms with Gasteiger partial charge in [0.25, 0.3) is 0 Å². The van der Waals surface area contributed by atoms with Crippen molar-refractivity contribution in [2.75, 3.05) is 31.5 Å². The molecule has 1 fully saturated rings. The molecule has 5 atom stereocenters. The Bertz CT molecular complexity index is 1910. The standard InChI is InChI=1S/C39H42N2O9S/c1-3-18-49-39(44)40-21-34-37(41(34)51(45,46)31-16-14-27(2)15-17-31)38(43)32(22-42)36-33(40)19-30(20-35(36)50-25-29-12-8-5-9-13-29)24-48-26-47-23-28-10-6-4-7-11-28/h3-17,19-20,32,34,37-38,42-43H,1,18,21-26H2,2H3/t32-,34+,37+,38+,41?/m1/s1. The lowest BCUT2D eigenvalue weighted by molar-refractivity contribution is -0.0689. The van der Waals surface area contributed by atoms with Crippen molar-refractivity contribution in [2.45, 2.75) is 55.7 Å². The maximum atomic E-state index is 14.0. The molecule has 4 aromatic carbocycles. The lowest BCUT2D eigenvalue weighted by Gasteiger charge is -2.33. The van der Waals surface area contributed by atoms with Gasteiger partial charge in [-0.05, 0) is 47.9 Å². The van der Waals surface area contributed by atoms with Crippen LogP contribution >= 0.6 is 0 Å². The van der Waals surface area contributed by atoms with Gasteiger partial charge in [0.2, 0.25) is 10.0 Å². The molecule has 4 aromatic rings. The van der Waals surface area contributed by atoms with Gasteiger partial charge in [0.1, 0.15) is 25.8 Å². The maximum Gasteiger partial charge on any atom is 0.414 e. The Morgan fingerprint density at radius 3 is 2.16 bits per heavy atom. The number of hydrogen-bond acceptors (Lipinski definition) is 9. The molecule has 11 nitrogen and oxygen atoms in total. The molecule has 12 heteroatoms. The van der Waals surface area contributed by atoms with E-state index in [0.717, 1.165) is 16.7 Å². The van der Waals surface area contributed by atoms with Crippen LogP contribution in [0.4, 0.5) is 10.5 Å². The molecule has 2 aliphatic rings. The monoisotopic (exact) mass is 714 g/mol. The number of benzene rings is 4. The maximum absolute atomic E-state index is 14.0. The second-order valence-electron chi connectivity index (χ2n) is 12.6. The molecule has 2 N–H and O–H groups in total. The first-order valence-corrected chi connectivity index (χ1v) is 18.1. The number of anilines is 1. The number of carbonyl (C=O) groups is 1. The van der Waals surface area contributed by atoms with Gasteiger partial charge >= 0.3 is 6.09 Å². The number of ether oxygens (including phenoxy) is 4. The first kappa shape index (κ1) is 36.2. The van der Waals surface area contributed by atoms with Gasteiger partial charge in [-0.1, -0.05) is 91.0 Å². The number of aryl methyl sites for hydroxylation is 1. The Labute approximate surface area is 298 Å². The van der Waals surface area contributed by atoms with E-state index >= 15 is 0 Å². The van der Waals surface area contributed by atoms with Crippen molar-refractivity contribution in [1.82, 2.24) is 4.31 Å². The van der Waals surface area contributed by atoms with Crippen LogP contribution in [0.3, 0.4) is 0 Å². The Balaban J connectivity index is 1.37. The minimum Gasteiger partial charge on any atom is -0.489 e. The van der Waals surface area contributed by atoms with Crippen molar-refractivity contribution >= 4 is 21.8 Å². The molecule has 0 saturated carbocycles. The van der Waals surface area contributed by atoms with E-state index in [0.29, 0.717) is 29.2 Å². The number of aliphatic hydroxyl groups is 2. The van der Waals surface area contributed by atoms with Crippen molar-refractivity contribution in [3.8, 4) is 5.75 Å². The van der Waals surface area contributed by atoms with Gasteiger partial charge in [0.15, 0.2) is 0 Å². The van der Waals surface area contributed by atoms with E-state index in [2.05, 4.69) is 6.58 Å². The Kier molecular flexibility index (Phi) is 11.5. The second-order valence-corrected chi connectivity index (χ2v) is 14.4. The van der Waals surface area contributed by atoms with Crippen molar-refractivity contribution < 1.29 is 42.4 Å². The third-order valence-corrected chi connectivity index (χ3v) is 11.0. The van der Waals surface area contributed by atoms with Crippen molar-refractivity contribution in [3.63, 3.8) is 0 Å². The third-order valence-electron chi connectivity index (χ3n) is 9.02. The average Bonchev–Trinajstić information content (AvgIpc) is 3.87. The molecule has 1 saturated heterocycles. The summed E-state index contributed by atoms with van der Waals surface area (Å²) >= 11 is 0. The molecule has 2 heterocycles. The molecule has 0 aromatic heterocycles. The van der Waals surface area contributed by atoms with Gasteiger partial charge in [0.05, 0.1) is 48.6 Å². The van der Waals surface area contributed by atoms with Crippen LogP contribution in [0, 0.1) is 6.92 Å². The number of carbonyl (C=O) groups excluding carboxylic acids is 1. The van der Waals surface area contributed by atoms with Crippen LogP contribution in [0.1, 0.15) is 33.7 Å². The summed E-state index contributed by atoms with van der Waals surface area (Å²) in [6, 6.07) is 27.3. The molecular formula is C39H42N2O9S. The fourth-order valence-electron chi connectivity index (χ4n) is 6.44. The molecule has 51 heavy (non-hydrogen) atoms. The summed E-state index contributed by atoms with van der Waals surface area (Å²) < 4.78 is 52.6. The number of nitrogens with zero attached hydrogens (tertiary/aromatic N) is 2. The highest BCUT2D eigenvalue weighted by Crippen LogP contribution is 2.49. The minimum atomic E-state index is -4.09. The third kappa shape index (κ3) is 8.17. The first-order valence-electron chi connectivity index (χ1n) is 16.7. The summed E-state index contributed by atoms with van der Waals surface area (Å²) in [5.41, 5.74) is 4.02. The molecular weight excluding hydrogens is 673 g/mol. The summed E-state index contributed by atoms with van der Waals surface area (Å²) in [5, 5.41) is 22.7. The molecule has 268 valence electrons. The van der Waals surface area contributed by atoms with E-state index in [1.807, 2.05) is 67.6 Å². The van der Waals surface area contributed by atoms with Crippen LogP contribution in [-0.4, -0.2) is 73.8 Å². The van der Waals surface area contributed by atoms with E-state index in [-0.39, 0.29) is 38.1 Å². The molecule has 2 aliphatic heterocycles. The van der Waals surface area contributed by atoms with E-state index in [4.69, 9.17) is 18.9 Å². The highest BCUT2D eigenvalue weighted by molar-refractivity contribution is 7.89. The largest absolute Gasteiger partial charge is 0.489 e. The quantitative estimate of drug-likeness (QED) is 0.0774. The lowest BCUT2D eigenvalue weighted by Crippen LogP contribution is -2.41. The predicted octanol–water partition coefficient (Wildman–Crippen LogP) is 5.29. The summed E-state index contributed by atoms with van der Waals surface area (Å²) in [6.45, 7) is 5.30. The molecule has 6 rings (SSSR count). The Hall–Kier alpha value is -4.56. The number of sulfonamides is 1. The van der Waals surface area contributed by atoms with Crippen molar-refractivity contribution in [1.29, 1.82) is 0 Å². The van der Waals surface area contributed by atoms with Crippen LogP contribution in [0.25, 0.3) is 0 Å². The fraction of sp³-hybridized carbons (Fsp3) is 0.308. The normalized spacial score (nSPS) is 21.1. The predicted molar refractivity (Wildman–Crippen MR) is 191 cm³/mol. The van der Waals surface area contributed by atoms with Gasteiger partial charge < -0.3 is 29.2 Å². The zero-order valence-corrected chi connectivity index (χ0v) is 29.2. The molecule has 1 unspecified atom stereocenters. The molecule has 0 spiro atoms. The lowest BCUT2D eigenvalue weighted by atomic mass is 9.86. The van der Waals surface area contributed by atoms with Crippen molar-refractivity contribution in [2.24, 2.45) is 0 Å². The topological polar surface area (TPSA) is 135 Å². The first-order chi connectivity index (χ1) is 24.7. The Morgan fingerprint density at radius 2 is 1.53 bits per heavy atom. The molecule has 0 bridgehead atoms. The van der Waals surface area contributed by atoms with Crippen LogP contribution < -0.4 is 9.64 Å². The highest BCUT2D eigenvalue weighted by atomic mass is 32.2. The van der Waals surface area contributed by atoms with E-state index in [9.17, 15) is 23.4 Å². The number of hydrogen-bond donors (Lipinski definition) is 2. The SMILES string of the molecule is C=CCOC(=O)N1C[C@H]2[C@@H]([C@@H](O)[C@H](CO)c3c(OCc4ccccc4)cc(COCOCc4ccccc4)cc31)N2S(=O)(=O)c1ccc(C)cc1. The van der Waals surface area contributed by atoms with E-state index in [1.165, 1.54) is 27.4 Å². The number of rotatable bonds is 14. The van der Waals surface area contributed by atoms with Gasteiger partial charge in [-0.2, -0.15) is 4.31 Å². The summed E-state index contributed by atoms with van der Waals surface area (Å²) in [4.78, 5) is 15.2.